The van der Waals surface area contributed by atoms with Crippen LogP contribution in [-0.2, 0) is 10.2 Å². The van der Waals surface area contributed by atoms with Crippen molar-refractivity contribution in [2.24, 2.45) is 5.92 Å². The van der Waals surface area contributed by atoms with E-state index in [9.17, 15) is 9.90 Å². The highest BCUT2D eigenvalue weighted by Gasteiger charge is 2.52. The first-order valence-corrected chi connectivity index (χ1v) is 11.1. The molecule has 164 valence electrons. The van der Waals surface area contributed by atoms with Crippen molar-refractivity contribution in [3.8, 4) is 5.75 Å². The highest BCUT2D eigenvalue weighted by molar-refractivity contribution is 5.94. The number of rotatable bonds is 6. The minimum atomic E-state index is -0.163. The number of nitrogens with one attached hydrogen (secondary N) is 1. The zero-order valence-electron chi connectivity index (χ0n) is 18.2. The summed E-state index contributed by atoms with van der Waals surface area (Å²) in [5.41, 5.74) is 1.64. The summed E-state index contributed by atoms with van der Waals surface area (Å²) in [5, 5.41) is 13.5. The quantitative estimate of drug-likeness (QED) is 0.699. The van der Waals surface area contributed by atoms with Gasteiger partial charge in [-0.15, -0.1) is 6.58 Å². The van der Waals surface area contributed by atoms with Crippen LogP contribution in [0, 0.1) is 5.92 Å². The van der Waals surface area contributed by atoms with E-state index in [0.29, 0.717) is 5.56 Å². The van der Waals surface area contributed by atoms with Crippen LogP contribution in [0.2, 0.25) is 0 Å². The topological polar surface area (TPSA) is 61.8 Å². The number of aromatic hydroxyl groups is 1. The SMILES string of the molecule is C=CCN1CCC2(c3cccc(O)c3)CC(NC(=O)c3ccccc3)CC(OC)C2C1. The number of fused-ring (bicyclic) bond motifs is 1. The maximum atomic E-state index is 12.9. The number of ether oxygens (including phenoxy) is 1. The lowest BCUT2D eigenvalue weighted by molar-refractivity contribution is -0.0653. The summed E-state index contributed by atoms with van der Waals surface area (Å²) in [6.45, 7) is 6.63. The average Bonchev–Trinajstić information content (AvgIpc) is 2.79. The second-order valence-corrected chi connectivity index (χ2v) is 8.86. The number of piperidine rings is 1. The molecule has 0 aromatic heterocycles. The van der Waals surface area contributed by atoms with Gasteiger partial charge in [0.25, 0.3) is 5.91 Å². The van der Waals surface area contributed by atoms with Gasteiger partial charge in [0.2, 0.25) is 0 Å². The Hall–Kier alpha value is -2.63. The largest absolute Gasteiger partial charge is 0.508 e. The van der Waals surface area contributed by atoms with Gasteiger partial charge < -0.3 is 15.2 Å². The van der Waals surface area contributed by atoms with E-state index in [1.807, 2.05) is 48.5 Å². The third-order valence-corrected chi connectivity index (χ3v) is 7.10. The summed E-state index contributed by atoms with van der Waals surface area (Å²) in [5.74, 6) is 0.510. The molecule has 2 aromatic rings. The Balaban J connectivity index is 1.66. The van der Waals surface area contributed by atoms with Gasteiger partial charge in [-0.1, -0.05) is 36.4 Å². The molecule has 1 heterocycles. The molecule has 1 saturated carbocycles. The first kappa shape index (κ1) is 21.6. The molecule has 5 heteroatoms. The third kappa shape index (κ3) is 4.39. The maximum Gasteiger partial charge on any atom is 0.251 e. The Labute approximate surface area is 184 Å². The summed E-state index contributed by atoms with van der Waals surface area (Å²) in [4.78, 5) is 15.3. The molecule has 1 amide bonds. The number of carbonyl (C=O) groups excluding carboxylic acids is 1. The zero-order chi connectivity index (χ0) is 21.8. The van der Waals surface area contributed by atoms with Crippen molar-refractivity contribution in [1.82, 2.24) is 10.2 Å². The molecule has 1 aliphatic heterocycles. The van der Waals surface area contributed by atoms with Crippen molar-refractivity contribution in [3.63, 3.8) is 0 Å². The standard InChI is InChI=1S/C26H32N2O3/c1-3-13-28-14-12-26(20-10-7-11-22(29)15-20)17-21(16-24(31-2)23(26)18-28)27-25(30)19-8-5-4-6-9-19/h3-11,15,21,23-24,29H,1,12-14,16-18H2,2H3,(H,27,30). The van der Waals surface area contributed by atoms with E-state index in [1.54, 1.807) is 13.2 Å². The molecular weight excluding hydrogens is 388 g/mol. The van der Waals surface area contributed by atoms with Crippen molar-refractivity contribution >= 4 is 5.91 Å². The highest BCUT2D eigenvalue weighted by atomic mass is 16.5. The molecule has 4 atom stereocenters. The van der Waals surface area contributed by atoms with Crippen molar-refractivity contribution in [1.29, 1.82) is 0 Å². The van der Waals surface area contributed by atoms with Crippen LogP contribution in [-0.4, -0.2) is 54.8 Å². The molecule has 5 nitrogen and oxygen atoms in total. The minimum Gasteiger partial charge on any atom is -0.508 e. The first-order valence-electron chi connectivity index (χ1n) is 11.1. The molecule has 2 N–H and O–H groups in total. The fourth-order valence-corrected chi connectivity index (χ4v) is 5.65. The predicted octanol–water partition coefficient (Wildman–Crippen LogP) is 3.75. The van der Waals surface area contributed by atoms with Gasteiger partial charge in [0.05, 0.1) is 6.10 Å². The van der Waals surface area contributed by atoms with Crippen LogP contribution in [0.5, 0.6) is 5.75 Å². The van der Waals surface area contributed by atoms with Crippen LogP contribution in [0.25, 0.3) is 0 Å². The molecule has 0 bridgehead atoms. The number of benzene rings is 2. The van der Waals surface area contributed by atoms with Gasteiger partial charge in [0.1, 0.15) is 5.75 Å². The van der Waals surface area contributed by atoms with E-state index in [1.165, 1.54) is 0 Å². The van der Waals surface area contributed by atoms with E-state index in [-0.39, 0.29) is 35.1 Å². The summed E-state index contributed by atoms with van der Waals surface area (Å²) >= 11 is 0. The molecule has 4 rings (SSSR count). The summed E-state index contributed by atoms with van der Waals surface area (Å²) < 4.78 is 6.02. The predicted molar refractivity (Wildman–Crippen MR) is 122 cm³/mol. The van der Waals surface area contributed by atoms with E-state index < -0.39 is 0 Å². The molecule has 2 aromatic carbocycles. The lowest BCUT2D eigenvalue weighted by Gasteiger charge is -2.55. The Morgan fingerprint density at radius 2 is 2.10 bits per heavy atom. The monoisotopic (exact) mass is 420 g/mol. The molecule has 2 fully saturated rings. The number of phenolic OH excluding ortho intramolecular Hbond substituents is 1. The van der Waals surface area contributed by atoms with Gasteiger partial charge >= 0.3 is 0 Å². The number of amides is 1. The Kier molecular flexibility index (Phi) is 6.44. The second-order valence-electron chi connectivity index (χ2n) is 8.86. The van der Waals surface area contributed by atoms with Gasteiger partial charge in [-0.25, -0.2) is 0 Å². The summed E-state index contributed by atoms with van der Waals surface area (Å²) in [7, 11) is 1.77. The summed E-state index contributed by atoms with van der Waals surface area (Å²) in [6, 6.07) is 17.0. The van der Waals surface area contributed by atoms with Gasteiger partial charge in [-0.3, -0.25) is 9.69 Å². The number of hydrogen-bond donors (Lipinski definition) is 2. The molecule has 1 saturated heterocycles. The molecular formula is C26H32N2O3. The summed E-state index contributed by atoms with van der Waals surface area (Å²) in [6.07, 6.45) is 4.54. The zero-order valence-corrected chi connectivity index (χ0v) is 18.2. The van der Waals surface area contributed by atoms with Crippen LogP contribution < -0.4 is 5.32 Å². The number of carbonyl (C=O) groups is 1. The molecule has 4 unspecified atom stereocenters. The normalized spacial score (nSPS) is 28.5. The van der Waals surface area contributed by atoms with Crippen LogP contribution in [0.3, 0.4) is 0 Å². The number of methoxy groups -OCH3 is 1. The van der Waals surface area contributed by atoms with Crippen LogP contribution >= 0.6 is 0 Å². The lowest BCUT2D eigenvalue weighted by Crippen LogP contribution is -2.61. The second kappa shape index (κ2) is 9.25. The van der Waals surface area contributed by atoms with Gasteiger partial charge in [0.15, 0.2) is 0 Å². The van der Waals surface area contributed by atoms with Crippen molar-refractivity contribution in [2.75, 3.05) is 26.7 Å². The maximum absolute atomic E-state index is 12.9. The Morgan fingerprint density at radius 1 is 1.29 bits per heavy atom. The number of likely N-dealkylation sites (tertiary alicyclic amines) is 1. The van der Waals surface area contributed by atoms with Crippen LogP contribution in [0.15, 0.2) is 67.3 Å². The molecule has 2 aliphatic rings. The number of phenols is 1. The fourth-order valence-electron chi connectivity index (χ4n) is 5.65. The van der Waals surface area contributed by atoms with Crippen molar-refractivity contribution in [3.05, 3.63) is 78.4 Å². The Bertz CT molecular complexity index is 916. The van der Waals surface area contributed by atoms with E-state index in [0.717, 1.165) is 44.5 Å². The fraction of sp³-hybridized carbons (Fsp3) is 0.423. The smallest absolute Gasteiger partial charge is 0.251 e. The first-order chi connectivity index (χ1) is 15.1. The number of hydrogen-bond acceptors (Lipinski definition) is 4. The van der Waals surface area contributed by atoms with E-state index in [2.05, 4.69) is 22.9 Å². The molecule has 1 aliphatic carbocycles. The lowest BCUT2D eigenvalue weighted by atomic mass is 9.57. The van der Waals surface area contributed by atoms with Crippen LogP contribution in [0.4, 0.5) is 0 Å². The Morgan fingerprint density at radius 3 is 2.81 bits per heavy atom. The molecule has 31 heavy (non-hydrogen) atoms. The average molecular weight is 421 g/mol. The molecule has 0 radical (unpaired) electrons. The van der Waals surface area contributed by atoms with Gasteiger partial charge in [0, 0.05) is 43.1 Å². The van der Waals surface area contributed by atoms with E-state index in [4.69, 9.17) is 4.74 Å². The van der Waals surface area contributed by atoms with Crippen LogP contribution in [0.1, 0.15) is 35.2 Å². The molecule has 0 spiro atoms. The van der Waals surface area contributed by atoms with Crippen molar-refractivity contribution < 1.29 is 14.6 Å². The highest BCUT2D eigenvalue weighted by Crippen LogP contribution is 2.50. The minimum absolute atomic E-state index is 0.00205. The van der Waals surface area contributed by atoms with E-state index >= 15 is 0 Å². The number of nitrogens with zero attached hydrogens (tertiary/aromatic N) is 1. The van der Waals surface area contributed by atoms with Crippen molar-refractivity contribution in [2.45, 2.75) is 36.8 Å². The van der Waals surface area contributed by atoms with Gasteiger partial charge in [-0.05, 0) is 55.6 Å². The van der Waals surface area contributed by atoms with Gasteiger partial charge in [-0.2, -0.15) is 0 Å². The third-order valence-electron chi connectivity index (χ3n) is 7.10.